The Morgan fingerprint density at radius 3 is 3.00 bits per heavy atom. The second-order valence-corrected chi connectivity index (χ2v) is 3.13. The lowest BCUT2D eigenvalue weighted by molar-refractivity contribution is 0.469. The SMILES string of the molecule is Oc1cccc2c1CC=CCC2. The fourth-order valence-electron chi connectivity index (χ4n) is 1.65. The van der Waals surface area contributed by atoms with Gasteiger partial charge in [0.25, 0.3) is 0 Å². The topological polar surface area (TPSA) is 20.2 Å². The molecular weight excluding hydrogens is 148 g/mol. The zero-order chi connectivity index (χ0) is 8.39. The molecule has 0 spiro atoms. The number of aryl methyl sites for hydroxylation is 1. The van der Waals surface area contributed by atoms with E-state index >= 15 is 0 Å². The van der Waals surface area contributed by atoms with Crippen molar-refractivity contribution in [3.63, 3.8) is 0 Å². The standard InChI is InChI=1S/C11H12O/c12-11-8-4-6-9-5-2-1-3-7-10(9)11/h1,3-4,6,8,12H,2,5,7H2. The van der Waals surface area contributed by atoms with Gasteiger partial charge in [0.2, 0.25) is 0 Å². The minimum Gasteiger partial charge on any atom is -0.508 e. The summed E-state index contributed by atoms with van der Waals surface area (Å²) in [6.45, 7) is 0. The quantitative estimate of drug-likeness (QED) is 0.578. The van der Waals surface area contributed by atoms with E-state index in [0.29, 0.717) is 5.75 Å². The van der Waals surface area contributed by atoms with Gasteiger partial charge in [-0.2, -0.15) is 0 Å². The first-order valence-corrected chi connectivity index (χ1v) is 4.32. The molecule has 0 amide bonds. The van der Waals surface area contributed by atoms with Crippen LogP contribution in [0.3, 0.4) is 0 Å². The smallest absolute Gasteiger partial charge is 0.119 e. The highest BCUT2D eigenvalue weighted by atomic mass is 16.3. The van der Waals surface area contributed by atoms with Gasteiger partial charge in [0, 0.05) is 5.56 Å². The van der Waals surface area contributed by atoms with Crippen LogP contribution in [-0.4, -0.2) is 5.11 Å². The minimum absolute atomic E-state index is 0.444. The summed E-state index contributed by atoms with van der Waals surface area (Å²) in [5.74, 6) is 0.444. The first kappa shape index (κ1) is 7.41. The summed E-state index contributed by atoms with van der Waals surface area (Å²) in [7, 11) is 0. The average Bonchev–Trinajstić information content (AvgIpc) is 2.30. The van der Waals surface area contributed by atoms with E-state index in [0.717, 1.165) is 24.8 Å². The van der Waals surface area contributed by atoms with Crippen LogP contribution < -0.4 is 0 Å². The van der Waals surface area contributed by atoms with E-state index in [1.165, 1.54) is 5.56 Å². The van der Waals surface area contributed by atoms with Gasteiger partial charge in [-0.05, 0) is 30.9 Å². The maximum Gasteiger partial charge on any atom is 0.119 e. The van der Waals surface area contributed by atoms with Crippen LogP contribution in [0.15, 0.2) is 30.4 Å². The Morgan fingerprint density at radius 1 is 1.17 bits per heavy atom. The molecule has 1 nitrogen and oxygen atoms in total. The summed E-state index contributed by atoms with van der Waals surface area (Å²) >= 11 is 0. The summed E-state index contributed by atoms with van der Waals surface area (Å²) < 4.78 is 0. The molecule has 0 fully saturated rings. The maximum absolute atomic E-state index is 9.55. The Hall–Kier alpha value is -1.24. The van der Waals surface area contributed by atoms with E-state index in [1.54, 1.807) is 6.07 Å². The highest BCUT2D eigenvalue weighted by Gasteiger charge is 2.07. The number of phenols is 1. The van der Waals surface area contributed by atoms with Gasteiger partial charge in [-0.25, -0.2) is 0 Å². The van der Waals surface area contributed by atoms with Crippen LogP contribution in [-0.2, 0) is 12.8 Å². The number of aromatic hydroxyl groups is 1. The van der Waals surface area contributed by atoms with Crippen molar-refractivity contribution in [3.05, 3.63) is 41.5 Å². The first-order chi connectivity index (χ1) is 5.88. The molecule has 0 bridgehead atoms. The summed E-state index contributed by atoms with van der Waals surface area (Å²) in [6, 6.07) is 5.78. The van der Waals surface area contributed by atoms with Gasteiger partial charge in [-0.3, -0.25) is 0 Å². The molecule has 0 unspecified atom stereocenters. The normalized spacial score (nSPS) is 15.3. The molecule has 0 atom stereocenters. The lowest BCUT2D eigenvalue weighted by Gasteiger charge is -2.06. The number of benzene rings is 1. The van der Waals surface area contributed by atoms with Crippen LogP contribution in [0.2, 0.25) is 0 Å². The fourth-order valence-corrected chi connectivity index (χ4v) is 1.65. The monoisotopic (exact) mass is 160 g/mol. The Kier molecular flexibility index (Phi) is 1.86. The van der Waals surface area contributed by atoms with Crippen LogP contribution >= 0.6 is 0 Å². The number of hydrogen-bond donors (Lipinski definition) is 1. The average molecular weight is 160 g/mol. The zero-order valence-corrected chi connectivity index (χ0v) is 6.96. The molecule has 1 aromatic carbocycles. The van der Waals surface area contributed by atoms with E-state index in [-0.39, 0.29) is 0 Å². The molecule has 0 saturated heterocycles. The first-order valence-electron chi connectivity index (χ1n) is 4.32. The molecule has 1 aliphatic rings. The van der Waals surface area contributed by atoms with Crippen molar-refractivity contribution < 1.29 is 5.11 Å². The van der Waals surface area contributed by atoms with E-state index in [4.69, 9.17) is 0 Å². The predicted octanol–water partition coefficient (Wildman–Crippen LogP) is 2.44. The Balaban J connectivity index is 2.48. The Bertz CT molecular complexity index is 313. The van der Waals surface area contributed by atoms with Gasteiger partial charge >= 0.3 is 0 Å². The molecule has 0 heterocycles. The second kappa shape index (κ2) is 3.02. The number of allylic oxidation sites excluding steroid dienone is 2. The molecule has 12 heavy (non-hydrogen) atoms. The lowest BCUT2D eigenvalue weighted by atomic mass is 10.0. The number of hydrogen-bond acceptors (Lipinski definition) is 1. The van der Waals surface area contributed by atoms with Gasteiger partial charge in [0.05, 0.1) is 0 Å². The molecule has 1 aromatic rings. The summed E-state index contributed by atoms with van der Waals surface area (Å²) in [4.78, 5) is 0. The third-order valence-electron chi connectivity index (χ3n) is 2.32. The molecule has 1 heteroatoms. The molecule has 1 N–H and O–H groups in total. The Labute approximate surface area is 72.4 Å². The molecule has 0 radical (unpaired) electrons. The van der Waals surface area contributed by atoms with Crippen LogP contribution in [0, 0.1) is 0 Å². The second-order valence-electron chi connectivity index (χ2n) is 3.13. The molecule has 0 aromatic heterocycles. The number of phenolic OH excluding ortho intramolecular Hbond substituents is 1. The predicted molar refractivity (Wildman–Crippen MR) is 49.3 cm³/mol. The fraction of sp³-hybridized carbons (Fsp3) is 0.273. The van der Waals surface area contributed by atoms with Crippen LogP contribution in [0.5, 0.6) is 5.75 Å². The number of rotatable bonds is 0. The number of fused-ring (bicyclic) bond motifs is 1. The van der Waals surface area contributed by atoms with Gasteiger partial charge in [0.1, 0.15) is 5.75 Å². The van der Waals surface area contributed by atoms with Crippen molar-refractivity contribution in [2.45, 2.75) is 19.3 Å². The van der Waals surface area contributed by atoms with E-state index in [1.807, 2.05) is 6.07 Å². The van der Waals surface area contributed by atoms with Gasteiger partial charge < -0.3 is 5.11 Å². The molecule has 1 aliphatic carbocycles. The van der Waals surface area contributed by atoms with E-state index < -0.39 is 0 Å². The zero-order valence-electron chi connectivity index (χ0n) is 6.96. The van der Waals surface area contributed by atoms with Crippen LogP contribution in [0.4, 0.5) is 0 Å². The highest BCUT2D eigenvalue weighted by molar-refractivity contribution is 5.41. The molecule has 0 saturated carbocycles. The van der Waals surface area contributed by atoms with Crippen molar-refractivity contribution >= 4 is 0 Å². The van der Waals surface area contributed by atoms with Crippen molar-refractivity contribution in [2.24, 2.45) is 0 Å². The van der Waals surface area contributed by atoms with Crippen molar-refractivity contribution in [2.75, 3.05) is 0 Å². The van der Waals surface area contributed by atoms with Gasteiger partial charge in [-0.15, -0.1) is 0 Å². The maximum atomic E-state index is 9.55. The van der Waals surface area contributed by atoms with Gasteiger partial charge in [-0.1, -0.05) is 24.3 Å². The van der Waals surface area contributed by atoms with Crippen molar-refractivity contribution in [3.8, 4) is 5.75 Å². The highest BCUT2D eigenvalue weighted by Crippen LogP contribution is 2.24. The van der Waals surface area contributed by atoms with E-state index in [2.05, 4.69) is 18.2 Å². The molecule has 62 valence electrons. The molecule has 2 rings (SSSR count). The van der Waals surface area contributed by atoms with Crippen LogP contribution in [0.1, 0.15) is 17.5 Å². The molecule has 0 aliphatic heterocycles. The lowest BCUT2D eigenvalue weighted by Crippen LogP contribution is -1.90. The molecular formula is C11H12O. The van der Waals surface area contributed by atoms with Crippen molar-refractivity contribution in [1.29, 1.82) is 0 Å². The minimum atomic E-state index is 0.444. The van der Waals surface area contributed by atoms with E-state index in [9.17, 15) is 5.11 Å². The largest absolute Gasteiger partial charge is 0.508 e. The summed E-state index contributed by atoms with van der Waals surface area (Å²) in [5.41, 5.74) is 2.39. The van der Waals surface area contributed by atoms with Crippen molar-refractivity contribution in [1.82, 2.24) is 0 Å². The summed E-state index contributed by atoms with van der Waals surface area (Å²) in [5, 5.41) is 9.55. The summed E-state index contributed by atoms with van der Waals surface area (Å²) in [6.07, 6.45) is 7.34. The third kappa shape index (κ3) is 1.22. The Morgan fingerprint density at radius 2 is 2.08 bits per heavy atom. The van der Waals surface area contributed by atoms with Gasteiger partial charge in [0.15, 0.2) is 0 Å². The van der Waals surface area contributed by atoms with Crippen LogP contribution in [0.25, 0.3) is 0 Å². The third-order valence-corrected chi connectivity index (χ3v) is 2.32.